The van der Waals surface area contributed by atoms with Crippen LogP contribution in [0.5, 0.6) is 5.75 Å². The van der Waals surface area contributed by atoms with E-state index < -0.39 is 15.4 Å². The van der Waals surface area contributed by atoms with Crippen molar-refractivity contribution in [2.45, 2.75) is 43.9 Å². The van der Waals surface area contributed by atoms with Gasteiger partial charge in [0, 0.05) is 12.2 Å². The number of fused-ring (bicyclic) bond motifs is 1. The van der Waals surface area contributed by atoms with Crippen LogP contribution in [0.4, 0.5) is 5.69 Å². The minimum absolute atomic E-state index is 0.120. The molecule has 2 aromatic rings. The number of anilines is 1. The Hall–Kier alpha value is -2.38. The van der Waals surface area contributed by atoms with Crippen LogP contribution in [0.15, 0.2) is 41.3 Å². The molecule has 0 spiro atoms. The molecule has 0 radical (unpaired) electrons. The highest BCUT2D eigenvalue weighted by atomic mass is 32.2. The van der Waals surface area contributed by atoms with Crippen LogP contribution in [0.2, 0.25) is 0 Å². The summed E-state index contributed by atoms with van der Waals surface area (Å²) in [5.74, 6) is 0.684. The van der Waals surface area contributed by atoms with Crippen LogP contribution in [-0.4, -0.2) is 28.0 Å². The maximum atomic E-state index is 12.8. The highest BCUT2D eigenvalue weighted by molar-refractivity contribution is 7.89. The van der Waals surface area contributed by atoms with Crippen LogP contribution in [0.25, 0.3) is 0 Å². The van der Waals surface area contributed by atoms with Crippen molar-refractivity contribution < 1.29 is 17.9 Å². The number of nitrogens with one attached hydrogen (secondary N) is 2. The lowest BCUT2D eigenvalue weighted by Gasteiger charge is -2.17. The summed E-state index contributed by atoms with van der Waals surface area (Å²) in [5.41, 5.74) is 2.46. The molecule has 0 aliphatic carbocycles. The molecule has 0 saturated heterocycles. The van der Waals surface area contributed by atoms with Gasteiger partial charge in [-0.25, -0.2) is 13.1 Å². The quantitative estimate of drug-likeness (QED) is 0.697. The number of rotatable bonds is 7. The molecule has 0 aromatic heterocycles. The lowest BCUT2D eigenvalue weighted by molar-refractivity contribution is -0.119. The number of hydrogen-bond donors (Lipinski definition) is 2. The summed E-state index contributed by atoms with van der Waals surface area (Å²) in [4.78, 5) is 12.4. The van der Waals surface area contributed by atoms with Crippen molar-refractivity contribution >= 4 is 21.6 Å². The van der Waals surface area contributed by atoms with Crippen LogP contribution in [-0.2, 0) is 26.7 Å². The minimum atomic E-state index is -3.66. The largest absolute Gasteiger partial charge is 0.496 e. The van der Waals surface area contributed by atoms with Gasteiger partial charge in [-0.2, -0.15) is 0 Å². The Kier molecular flexibility index (Phi) is 5.50. The van der Waals surface area contributed by atoms with Gasteiger partial charge in [-0.3, -0.25) is 4.79 Å². The molecular formula is C21H26N2O4S. The van der Waals surface area contributed by atoms with Gasteiger partial charge in [-0.1, -0.05) is 18.2 Å². The smallest absolute Gasteiger partial charge is 0.240 e. The molecule has 3 rings (SSSR count). The first-order valence-corrected chi connectivity index (χ1v) is 10.7. The van der Waals surface area contributed by atoms with Crippen LogP contribution < -0.4 is 14.8 Å². The van der Waals surface area contributed by atoms with Gasteiger partial charge >= 0.3 is 0 Å². The van der Waals surface area contributed by atoms with Crippen molar-refractivity contribution in [3.05, 3.63) is 53.1 Å². The summed E-state index contributed by atoms with van der Waals surface area (Å²) < 4.78 is 33.5. The van der Waals surface area contributed by atoms with E-state index in [0.717, 1.165) is 16.9 Å². The molecular weight excluding hydrogens is 376 g/mol. The Morgan fingerprint density at radius 2 is 1.89 bits per heavy atom. The maximum Gasteiger partial charge on any atom is 0.240 e. The van der Waals surface area contributed by atoms with Crippen molar-refractivity contribution in [2.75, 3.05) is 19.0 Å². The highest BCUT2D eigenvalue weighted by Gasteiger charge is 2.40. The molecule has 0 bridgehead atoms. The van der Waals surface area contributed by atoms with Crippen LogP contribution in [0, 0.1) is 6.92 Å². The third kappa shape index (κ3) is 3.77. The van der Waals surface area contributed by atoms with E-state index >= 15 is 0 Å². The molecule has 1 heterocycles. The standard InChI is InChI=1S/C21H26N2O4S/c1-14-12-16(13-17-19(14)23-20(24)21(17,2)3)28(25,26)22-11-7-9-15-8-5-6-10-18(15)27-4/h5-6,8,10,12-13,22H,7,9,11H2,1-4H3,(H,23,24). The average Bonchev–Trinajstić information content (AvgIpc) is 2.89. The number of carbonyl (C=O) groups excluding carboxylic acids is 1. The molecule has 0 saturated carbocycles. The fraction of sp³-hybridized carbons (Fsp3) is 0.381. The topological polar surface area (TPSA) is 84.5 Å². The van der Waals surface area contributed by atoms with Gasteiger partial charge in [-0.05, 0) is 68.5 Å². The van der Waals surface area contributed by atoms with Gasteiger partial charge in [0.05, 0.1) is 17.4 Å². The molecule has 150 valence electrons. The Morgan fingerprint density at radius 1 is 1.18 bits per heavy atom. The Morgan fingerprint density at radius 3 is 2.61 bits per heavy atom. The zero-order valence-electron chi connectivity index (χ0n) is 16.6. The molecule has 6 nitrogen and oxygen atoms in total. The van der Waals surface area contributed by atoms with E-state index in [2.05, 4.69) is 10.0 Å². The first kappa shape index (κ1) is 20.4. The summed E-state index contributed by atoms with van der Waals surface area (Å²) in [6, 6.07) is 10.9. The number of ether oxygens (including phenoxy) is 1. The predicted molar refractivity (Wildman–Crippen MR) is 109 cm³/mol. The van der Waals surface area contributed by atoms with Crippen LogP contribution >= 0.6 is 0 Å². The van der Waals surface area contributed by atoms with E-state index in [-0.39, 0.29) is 10.8 Å². The maximum absolute atomic E-state index is 12.8. The number of hydrogen-bond acceptors (Lipinski definition) is 4. The Labute approximate surface area is 166 Å². The summed E-state index contributed by atoms with van der Waals surface area (Å²) >= 11 is 0. The summed E-state index contributed by atoms with van der Waals surface area (Å²) in [7, 11) is -2.04. The zero-order chi connectivity index (χ0) is 20.5. The fourth-order valence-electron chi connectivity index (χ4n) is 3.44. The second kappa shape index (κ2) is 7.56. The van der Waals surface area contributed by atoms with Crippen LogP contribution in [0.1, 0.15) is 37.0 Å². The zero-order valence-corrected chi connectivity index (χ0v) is 17.4. The molecule has 0 unspecified atom stereocenters. The van der Waals surface area contributed by atoms with E-state index in [4.69, 9.17) is 4.74 Å². The Balaban J connectivity index is 1.71. The molecule has 7 heteroatoms. The van der Waals surface area contributed by atoms with Gasteiger partial charge in [0.1, 0.15) is 5.75 Å². The normalized spacial score (nSPS) is 15.2. The number of aryl methyl sites for hydroxylation is 2. The lowest BCUT2D eigenvalue weighted by Crippen LogP contribution is -2.28. The van der Waals surface area contributed by atoms with Gasteiger partial charge in [0.25, 0.3) is 0 Å². The third-order valence-corrected chi connectivity index (χ3v) is 6.65. The first-order valence-electron chi connectivity index (χ1n) is 9.25. The second-order valence-corrected chi connectivity index (χ2v) is 9.32. The second-order valence-electron chi connectivity index (χ2n) is 7.56. The number of sulfonamides is 1. The number of benzene rings is 2. The summed E-state index contributed by atoms with van der Waals surface area (Å²) in [5, 5.41) is 2.85. The summed E-state index contributed by atoms with van der Waals surface area (Å²) in [6.07, 6.45) is 1.36. The van der Waals surface area contributed by atoms with E-state index in [9.17, 15) is 13.2 Å². The van der Waals surface area contributed by atoms with Gasteiger partial charge in [0.15, 0.2) is 0 Å². The van der Waals surface area contributed by atoms with E-state index in [1.165, 1.54) is 0 Å². The van der Waals surface area contributed by atoms with Gasteiger partial charge in [0.2, 0.25) is 15.9 Å². The van der Waals surface area contributed by atoms with Crippen molar-refractivity contribution in [3.63, 3.8) is 0 Å². The molecule has 2 N–H and O–H groups in total. The predicted octanol–water partition coefficient (Wildman–Crippen LogP) is 3.14. The van der Waals surface area contributed by atoms with Gasteiger partial charge in [-0.15, -0.1) is 0 Å². The number of amides is 1. The van der Waals surface area contributed by atoms with E-state index in [0.29, 0.717) is 30.6 Å². The molecule has 1 aliphatic rings. The van der Waals surface area contributed by atoms with Crippen molar-refractivity contribution in [2.24, 2.45) is 0 Å². The third-order valence-electron chi connectivity index (χ3n) is 5.21. The number of para-hydroxylation sites is 1. The Bertz CT molecular complexity index is 1010. The number of methoxy groups -OCH3 is 1. The summed E-state index contributed by atoms with van der Waals surface area (Å²) in [6.45, 7) is 5.72. The monoisotopic (exact) mass is 402 g/mol. The van der Waals surface area contributed by atoms with Crippen molar-refractivity contribution in [3.8, 4) is 5.75 Å². The van der Waals surface area contributed by atoms with Gasteiger partial charge < -0.3 is 10.1 Å². The molecule has 1 aliphatic heterocycles. The lowest BCUT2D eigenvalue weighted by atomic mass is 9.85. The fourth-order valence-corrected chi connectivity index (χ4v) is 4.62. The van der Waals surface area contributed by atoms with E-state index in [1.807, 2.05) is 24.3 Å². The van der Waals surface area contributed by atoms with Crippen molar-refractivity contribution in [1.82, 2.24) is 4.72 Å². The molecule has 1 amide bonds. The highest BCUT2D eigenvalue weighted by Crippen LogP contribution is 2.40. The van der Waals surface area contributed by atoms with E-state index in [1.54, 1.807) is 40.0 Å². The van der Waals surface area contributed by atoms with Crippen LogP contribution in [0.3, 0.4) is 0 Å². The minimum Gasteiger partial charge on any atom is -0.496 e. The molecule has 2 aromatic carbocycles. The SMILES string of the molecule is COc1ccccc1CCCNS(=O)(=O)c1cc(C)c2c(c1)C(C)(C)C(=O)N2. The molecule has 28 heavy (non-hydrogen) atoms. The average molecular weight is 403 g/mol. The number of carbonyl (C=O) groups is 1. The molecule has 0 fully saturated rings. The molecule has 0 atom stereocenters. The van der Waals surface area contributed by atoms with Crippen molar-refractivity contribution in [1.29, 1.82) is 0 Å². The first-order chi connectivity index (χ1) is 13.2.